The first-order chi connectivity index (χ1) is 45.0. The molecule has 0 aliphatic carbocycles. The van der Waals surface area contributed by atoms with Gasteiger partial charge in [0, 0.05) is 6.42 Å². The second kappa shape index (κ2) is 71.9. The van der Waals surface area contributed by atoms with E-state index in [0.717, 1.165) is 128 Å². The van der Waals surface area contributed by atoms with E-state index >= 15 is 0 Å². The zero-order valence-electron chi connectivity index (χ0n) is 60.7. The van der Waals surface area contributed by atoms with Gasteiger partial charge in [0.15, 0.2) is 0 Å². The van der Waals surface area contributed by atoms with Crippen LogP contribution in [0, 0.1) is 0 Å². The average molecular weight is 1300 g/mol. The van der Waals surface area contributed by atoms with Crippen LogP contribution < -0.4 is 10.2 Å². The second-order valence-electron chi connectivity index (χ2n) is 27.0. The van der Waals surface area contributed by atoms with Gasteiger partial charge in [0.1, 0.15) is 13.2 Å². The highest BCUT2D eigenvalue weighted by Crippen LogP contribution is 2.38. The van der Waals surface area contributed by atoms with Gasteiger partial charge in [0.2, 0.25) is 5.91 Å². The summed E-state index contributed by atoms with van der Waals surface area (Å²) >= 11 is 0. The van der Waals surface area contributed by atoms with Crippen molar-refractivity contribution >= 4 is 13.7 Å². The minimum Gasteiger partial charge on any atom is -0.756 e. The first kappa shape index (κ1) is 88.6. The van der Waals surface area contributed by atoms with Crippen molar-refractivity contribution in [3.8, 4) is 0 Å². The van der Waals surface area contributed by atoms with E-state index in [1.807, 2.05) is 21.1 Å². The third-order valence-electron chi connectivity index (χ3n) is 16.9. The molecule has 0 radical (unpaired) electrons. The number of unbranched alkanes of at least 4 members (excludes halogenated alkanes) is 35. The van der Waals surface area contributed by atoms with E-state index in [4.69, 9.17) is 9.05 Å². The molecule has 0 spiro atoms. The van der Waals surface area contributed by atoms with Crippen molar-refractivity contribution in [1.29, 1.82) is 0 Å². The summed E-state index contributed by atoms with van der Waals surface area (Å²) in [7, 11) is 1.28. The molecular weight excluding hydrogens is 1150 g/mol. The van der Waals surface area contributed by atoms with Crippen LogP contribution in [0.15, 0.2) is 134 Å². The Morgan fingerprint density at radius 3 is 0.967 bits per heavy atom. The number of amides is 1. The fourth-order valence-corrected chi connectivity index (χ4v) is 11.7. The number of allylic oxidation sites excluding steroid dienone is 22. The smallest absolute Gasteiger partial charge is 0.268 e. The molecule has 0 rings (SSSR count). The molecule has 3 unspecified atom stereocenters. The maximum atomic E-state index is 13.1. The SMILES string of the molecule is CC/C=C\C/C=C\C/C=C\C/C=C\C/C=C\C/C=C\C/C=C\C/C=C\C/C=C\C/C=C\C/C=C\CCCCCCCC(=O)NC(COP(=O)([O-])OCC[N+](C)(C)C)C(O)CCCCCCCCCCCCCCCCCCCCCCCCCCCCCCCCC. The molecule has 0 saturated carbocycles. The van der Waals surface area contributed by atoms with Gasteiger partial charge in [-0.2, -0.15) is 0 Å². The van der Waals surface area contributed by atoms with Crippen molar-refractivity contribution in [2.24, 2.45) is 0 Å². The minimum absolute atomic E-state index is 0.00196. The molecule has 2 N–H and O–H groups in total. The number of hydrogen-bond acceptors (Lipinski definition) is 6. The maximum Gasteiger partial charge on any atom is 0.268 e. The first-order valence-electron chi connectivity index (χ1n) is 38.5. The van der Waals surface area contributed by atoms with Gasteiger partial charge in [-0.25, -0.2) is 0 Å². The van der Waals surface area contributed by atoms with Crippen molar-refractivity contribution in [3.63, 3.8) is 0 Å². The van der Waals surface area contributed by atoms with Crippen molar-refractivity contribution in [2.45, 2.75) is 347 Å². The molecule has 0 aliphatic rings. The summed E-state index contributed by atoms with van der Waals surface area (Å²) in [4.78, 5) is 25.7. The monoisotopic (exact) mass is 1300 g/mol. The number of aliphatic hydroxyl groups is 1. The van der Waals surface area contributed by atoms with Gasteiger partial charge in [0.05, 0.1) is 39.9 Å². The molecule has 530 valence electrons. The molecule has 0 saturated heterocycles. The van der Waals surface area contributed by atoms with Crippen LogP contribution >= 0.6 is 7.82 Å². The van der Waals surface area contributed by atoms with E-state index in [1.54, 1.807) is 0 Å². The Kier molecular flexibility index (Phi) is 69.3. The third-order valence-corrected chi connectivity index (χ3v) is 17.9. The predicted octanol–water partition coefficient (Wildman–Crippen LogP) is 24.7. The molecule has 0 heterocycles. The van der Waals surface area contributed by atoms with Crippen molar-refractivity contribution in [2.75, 3.05) is 40.9 Å². The molecule has 0 aromatic carbocycles. The van der Waals surface area contributed by atoms with E-state index in [9.17, 15) is 19.4 Å². The molecule has 8 nitrogen and oxygen atoms in total. The van der Waals surface area contributed by atoms with Crippen LogP contribution in [0.1, 0.15) is 335 Å². The van der Waals surface area contributed by atoms with Crippen LogP contribution in [0.2, 0.25) is 0 Å². The van der Waals surface area contributed by atoms with Gasteiger partial charge in [-0.3, -0.25) is 9.36 Å². The van der Waals surface area contributed by atoms with Gasteiger partial charge in [-0.15, -0.1) is 0 Å². The highest BCUT2D eigenvalue weighted by molar-refractivity contribution is 7.45. The molecule has 0 bridgehead atoms. The van der Waals surface area contributed by atoms with Gasteiger partial charge in [-0.1, -0.05) is 366 Å². The Bertz CT molecular complexity index is 1970. The lowest BCUT2D eigenvalue weighted by atomic mass is 10.0. The minimum atomic E-state index is -4.60. The van der Waals surface area contributed by atoms with E-state index in [0.29, 0.717) is 23.9 Å². The summed E-state index contributed by atoms with van der Waals surface area (Å²) in [6, 6.07) is -0.824. The van der Waals surface area contributed by atoms with Crippen molar-refractivity contribution in [3.05, 3.63) is 134 Å². The predicted molar refractivity (Wildman–Crippen MR) is 403 cm³/mol. The number of nitrogens with zero attached hydrogens (tertiary/aromatic N) is 1. The van der Waals surface area contributed by atoms with Crippen LogP contribution in [0.25, 0.3) is 0 Å². The third kappa shape index (κ3) is 74.0. The second-order valence-corrected chi connectivity index (χ2v) is 28.4. The molecule has 0 fully saturated rings. The molecule has 3 atom stereocenters. The summed E-state index contributed by atoms with van der Waals surface area (Å²) in [6.07, 6.45) is 108. The fraction of sp³-hybridized carbons (Fsp3) is 0.723. The molecule has 9 heteroatoms. The zero-order valence-corrected chi connectivity index (χ0v) is 61.6. The van der Waals surface area contributed by atoms with Gasteiger partial charge in [-0.05, 0) is 96.3 Å². The van der Waals surface area contributed by atoms with E-state index in [1.165, 1.54) is 180 Å². The lowest BCUT2D eigenvalue weighted by molar-refractivity contribution is -0.870. The van der Waals surface area contributed by atoms with E-state index in [-0.39, 0.29) is 19.1 Å². The van der Waals surface area contributed by atoms with Crippen LogP contribution in [-0.2, 0) is 18.4 Å². The number of carbonyl (C=O) groups excluding carboxylic acids is 1. The molecular formula is C83H147N2O6P. The summed E-state index contributed by atoms with van der Waals surface area (Å²) < 4.78 is 23.6. The first-order valence-corrected chi connectivity index (χ1v) is 40.0. The molecule has 0 aromatic rings. The normalized spacial score (nSPS) is 14.3. The van der Waals surface area contributed by atoms with Crippen LogP contribution in [0.4, 0.5) is 0 Å². The Hall–Kier alpha value is -3.36. The summed E-state index contributed by atoms with van der Waals surface area (Å²) in [5.74, 6) is -0.184. The lowest BCUT2D eigenvalue weighted by Gasteiger charge is -2.30. The fourth-order valence-electron chi connectivity index (χ4n) is 11.0. The van der Waals surface area contributed by atoms with Gasteiger partial charge < -0.3 is 28.8 Å². The lowest BCUT2D eigenvalue weighted by Crippen LogP contribution is -2.46. The maximum absolute atomic E-state index is 13.1. The van der Waals surface area contributed by atoms with Gasteiger partial charge >= 0.3 is 0 Å². The molecule has 1 amide bonds. The summed E-state index contributed by atoms with van der Waals surface area (Å²) in [5.41, 5.74) is 0. The van der Waals surface area contributed by atoms with Crippen LogP contribution in [0.3, 0.4) is 0 Å². The standard InChI is InChI=1S/C83H147N2O6P/c1-6-8-10-12-14-16-18-20-22-24-26-28-30-32-34-36-38-39-40-41-42-43-44-45-47-49-51-53-55-57-59-61-63-65-67-69-71-73-75-77-83(87)84-81(80-91-92(88,89)90-79-78-85(3,4)5)82(86)76-74-72-70-68-66-64-62-60-58-56-54-52-50-48-46-37-35-33-31-29-27-25-23-21-19-17-15-13-11-9-7-2/h8,10,14,16,20,22,26,28,32,34,38-39,41-42,44-45,49,51,55,57,61,63,81-82,86H,6-7,9,11-13,15,17-19,21,23-25,27,29-31,33,35-37,40,43,46-48,50,52-54,56,58-60,62,64-80H2,1-5H3,(H-,84,87,88,89)/b10-8-,16-14-,22-20-,28-26-,34-32-,39-38-,42-41-,45-44-,51-49-,57-55-,63-61-. The average Bonchev–Trinajstić information content (AvgIpc) is 2.63. The number of rotatable bonds is 70. The Labute approximate surface area is 570 Å². The number of carbonyl (C=O) groups is 1. The van der Waals surface area contributed by atoms with Gasteiger partial charge in [0.25, 0.3) is 7.82 Å². The van der Waals surface area contributed by atoms with E-state index < -0.39 is 20.0 Å². The highest BCUT2D eigenvalue weighted by Gasteiger charge is 2.24. The Morgan fingerprint density at radius 2 is 0.663 bits per heavy atom. The van der Waals surface area contributed by atoms with Crippen LogP contribution in [-0.4, -0.2) is 68.5 Å². The number of likely N-dealkylation sites (N-methyl/N-ethyl adjacent to an activating group) is 1. The quantitative estimate of drug-likeness (QED) is 0.0272. The molecule has 0 aliphatic heterocycles. The summed E-state index contributed by atoms with van der Waals surface area (Å²) in [5, 5.41) is 14.1. The largest absolute Gasteiger partial charge is 0.756 e. The van der Waals surface area contributed by atoms with E-state index in [2.05, 4.69) is 153 Å². The summed E-state index contributed by atoms with van der Waals surface area (Å²) in [6.45, 7) is 4.62. The number of phosphoric acid groups is 1. The molecule has 92 heavy (non-hydrogen) atoms. The van der Waals surface area contributed by atoms with Crippen LogP contribution in [0.5, 0.6) is 0 Å². The number of hydrogen-bond donors (Lipinski definition) is 2. The number of aliphatic hydroxyl groups excluding tert-OH is 1. The number of nitrogens with one attached hydrogen (secondary N) is 1. The number of quaternary nitrogens is 1. The number of phosphoric ester groups is 1. The Balaban J connectivity index is 4.10. The Morgan fingerprint density at radius 1 is 0.391 bits per heavy atom. The van der Waals surface area contributed by atoms with Crippen molar-refractivity contribution in [1.82, 2.24) is 5.32 Å². The topological polar surface area (TPSA) is 108 Å². The zero-order chi connectivity index (χ0) is 66.9. The van der Waals surface area contributed by atoms with Crippen molar-refractivity contribution < 1.29 is 32.9 Å². The molecule has 0 aromatic heterocycles. The highest BCUT2D eigenvalue weighted by atomic mass is 31.2.